The monoisotopic (exact) mass is 244 g/mol. The summed E-state index contributed by atoms with van der Waals surface area (Å²) in [4.78, 5) is 11.7. The maximum Gasteiger partial charge on any atom is 0.348 e. The number of halogens is 2. The number of carbonyl (C=O) groups is 1. The van der Waals surface area contributed by atoms with Gasteiger partial charge >= 0.3 is 5.97 Å². The third-order valence-corrected chi connectivity index (χ3v) is 3.31. The second-order valence-electron chi connectivity index (χ2n) is 2.91. The van der Waals surface area contributed by atoms with Crippen LogP contribution in [0.2, 0.25) is 5.02 Å². The normalized spacial score (nSPS) is 10.6. The Kier molecular flexibility index (Phi) is 2.63. The molecule has 0 N–H and O–H groups in total. The molecule has 1 aromatic heterocycles. The SMILES string of the molecule is COC(=O)c1cc2cc(F)c(Cl)cc2s1. The van der Waals surface area contributed by atoms with Crippen molar-refractivity contribution < 1.29 is 13.9 Å². The van der Waals surface area contributed by atoms with E-state index in [2.05, 4.69) is 4.74 Å². The lowest BCUT2D eigenvalue weighted by atomic mass is 10.2. The van der Waals surface area contributed by atoms with Crippen molar-refractivity contribution in [3.05, 3.63) is 33.9 Å². The highest BCUT2D eigenvalue weighted by Gasteiger charge is 2.12. The molecule has 0 fully saturated rings. The molecule has 1 heterocycles. The fraction of sp³-hybridized carbons (Fsp3) is 0.100. The molecule has 0 bridgehead atoms. The van der Waals surface area contributed by atoms with E-state index >= 15 is 0 Å². The average molecular weight is 245 g/mol. The van der Waals surface area contributed by atoms with Gasteiger partial charge in [0.1, 0.15) is 10.7 Å². The number of hydrogen-bond donors (Lipinski definition) is 0. The van der Waals surface area contributed by atoms with E-state index in [1.807, 2.05) is 0 Å². The third-order valence-electron chi connectivity index (χ3n) is 1.95. The summed E-state index contributed by atoms with van der Waals surface area (Å²) in [6.45, 7) is 0. The van der Waals surface area contributed by atoms with Gasteiger partial charge in [-0.15, -0.1) is 11.3 Å². The first-order valence-corrected chi connectivity index (χ1v) is 5.28. The van der Waals surface area contributed by atoms with Gasteiger partial charge in [-0.05, 0) is 23.6 Å². The van der Waals surface area contributed by atoms with Crippen LogP contribution in [0.1, 0.15) is 9.67 Å². The van der Waals surface area contributed by atoms with Gasteiger partial charge in [0.05, 0.1) is 12.1 Å². The predicted molar refractivity (Wildman–Crippen MR) is 58.1 cm³/mol. The van der Waals surface area contributed by atoms with Crippen LogP contribution in [0.15, 0.2) is 18.2 Å². The highest BCUT2D eigenvalue weighted by atomic mass is 35.5. The Morgan fingerprint density at radius 1 is 1.47 bits per heavy atom. The minimum Gasteiger partial charge on any atom is -0.465 e. The molecule has 0 aliphatic heterocycles. The molecule has 0 spiro atoms. The summed E-state index contributed by atoms with van der Waals surface area (Å²) in [5, 5.41) is 0.711. The van der Waals surface area contributed by atoms with Crippen molar-refractivity contribution in [1.29, 1.82) is 0 Å². The number of thiophene rings is 1. The molecule has 2 aromatic rings. The van der Waals surface area contributed by atoms with Crippen molar-refractivity contribution >= 4 is 39.0 Å². The fourth-order valence-corrected chi connectivity index (χ4v) is 2.47. The van der Waals surface area contributed by atoms with E-state index in [0.29, 0.717) is 10.3 Å². The summed E-state index contributed by atoms with van der Waals surface area (Å²) in [5.41, 5.74) is 0. The molecule has 0 atom stereocenters. The molecule has 15 heavy (non-hydrogen) atoms. The number of esters is 1. The Bertz CT molecular complexity index is 496. The zero-order valence-corrected chi connectivity index (χ0v) is 9.29. The van der Waals surface area contributed by atoms with Crippen LogP contribution in [-0.2, 0) is 4.74 Å². The Morgan fingerprint density at radius 2 is 2.20 bits per heavy atom. The maximum absolute atomic E-state index is 13.1. The Labute approximate surface area is 94.2 Å². The van der Waals surface area contributed by atoms with E-state index in [1.54, 1.807) is 6.07 Å². The molecule has 2 rings (SSSR count). The minimum absolute atomic E-state index is 0.0563. The molecule has 0 unspecified atom stereocenters. The minimum atomic E-state index is -0.488. The van der Waals surface area contributed by atoms with Gasteiger partial charge in [-0.3, -0.25) is 0 Å². The number of hydrogen-bond acceptors (Lipinski definition) is 3. The lowest BCUT2D eigenvalue weighted by Crippen LogP contribution is -1.96. The summed E-state index contributed by atoms with van der Waals surface area (Å²) >= 11 is 6.85. The highest BCUT2D eigenvalue weighted by Crippen LogP contribution is 2.30. The van der Waals surface area contributed by atoms with Gasteiger partial charge in [0, 0.05) is 4.70 Å². The molecule has 0 amide bonds. The molecule has 0 saturated heterocycles. The van der Waals surface area contributed by atoms with Crippen LogP contribution in [0.5, 0.6) is 0 Å². The van der Waals surface area contributed by atoms with Crippen LogP contribution in [0.4, 0.5) is 4.39 Å². The molecule has 0 aliphatic carbocycles. The van der Waals surface area contributed by atoms with Crippen molar-refractivity contribution in [3.63, 3.8) is 0 Å². The number of benzene rings is 1. The van der Waals surface area contributed by atoms with Crippen molar-refractivity contribution in [2.45, 2.75) is 0 Å². The molecule has 0 aliphatic rings. The van der Waals surface area contributed by atoms with Crippen molar-refractivity contribution in [2.24, 2.45) is 0 Å². The van der Waals surface area contributed by atoms with Crippen LogP contribution in [-0.4, -0.2) is 13.1 Å². The summed E-state index contributed by atoms with van der Waals surface area (Å²) in [6, 6.07) is 4.40. The van der Waals surface area contributed by atoms with E-state index in [-0.39, 0.29) is 5.02 Å². The first-order valence-electron chi connectivity index (χ1n) is 4.08. The number of fused-ring (bicyclic) bond motifs is 1. The highest BCUT2D eigenvalue weighted by molar-refractivity contribution is 7.20. The first-order chi connectivity index (χ1) is 7.11. The van der Waals surface area contributed by atoms with Gasteiger partial charge < -0.3 is 4.74 Å². The summed E-state index contributed by atoms with van der Waals surface area (Å²) in [5.74, 6) is -0.911. The van der Waals surface area contributed by atoms with Crippen molar-refractivity contribution in [2.75, 3.05) is 7.11 Å². The summed E-state index contributed by atoms with van der Waals surface area (Å²) in [6.07, 6.45) is 0. The smallest absolute Gasteiger partial charge is 0.348 e. The van der Waals surface area contributed by atoms with E-state index in [1.165, 1.54) is 30.6 Å². The second kappa shape index (κ2) is 3.79. The van der Waals surface area contributed by atoms with Gasteiger partial charge in [0.15, 0.2) is 0 Å². The average Bonchev–Trinajstić information content (AvgIpc) is 2.60. The Hall–Kier alpha value is -1.13. The lowest BCUT2D eigenvalue weighted by molar-refractivity contribution is 0.0606. The number of carbonyl (C=O) groups excluding carboxylic acids is 1. The largest absolute Gasteiger partial charge is 0.465 e. The van der Waals surface area contributed by atoms with E-state index in [4.69, 9.17) is 11.6 Å². The van der Waals surface area contributed by atoms with Gasteiger partial charge in [-0.25, -0.2) is 9.18 Å². The van der Waals surface area contributed by atoms with Gasteiger partial charge in [-0.2, -0.15) is 0 Å². The Morgan fingerprint density at radius 3 is 2.87 bits per heavy atom. The molecule has 0 saturated carbocycles. The molecule has 2 nitrogen and oxygen atoms in total. The van der Waals surface area contributed by atoms with Gasteiger partial charge in [0.25, 0.3) is 0 Å². The van der Waals surface area contributed by atoms with E-state index in [9.17, 15) is 9.18 Å². The predicted octanol–water partition coefficient (Wildman–Crippen LogP) is 3.48. The van der Waals surface area contributed by atoms with Crippen LogP contribution < -0.4 is 0 Å². The third kappa shape index (κ3) is 1.82. The van der Waals surface area contributed by atoms with E-state index in [0.717, 1.165) is 4.70 Å². The van der Waals surface area contributed by atoms with Gasteiger partial charge in [0.2, 0.25) is 0 Å². The molecule has 0 radical (unpaired) electrons. The van der Waals surface area contributed by atoms with Crippen LogP contribution >= 0.6 is 22.9 Å². The number of ether oxygens (including phenoxy) is 1. The molecule has 5 heteroatoms. The van der Waals surface area contributed by atoms with Gasteiger partial charge in [-0.1, -0.05) is 11.6 Å². The molecular weight excluding hydrogens is 239 g/mol. The Balaban J connectivity index is 2.61. The lowest BCUT2D eigenvalue weighted by Gasteiger charge is -1.92. The quantitative estimate of drug-likeness (QED) is 0.718. The summed E-state index contributed by atoms with van der Waals surface area (Å²) in [7, 11) is 1.31. The number of rotatable bonds is 1. The molecular formula is C10H6ClFO2S. The van der Waals surface area contributed by atoms with E-state index < -0.39 is 11.8 Å². The van der Waals surface area contributed by atoms with Crippen LogP contribution in [0, 0.1) is 5.82 Å². The first kappa shape index (κ1) is 10.4. The number of methoxy groups -OCH3 is 1. The van der Waals surface area contributed by atoms with Crippen molar-refractivity contribution in [3.8, 4) is 0 Å². The van der Waals surface area contributed by atoms with Crippen molar-refractivity contribution in [1.82, 2.24) is 0 Å². The maximum atomic E-state index is 13.1. The van der Waals surface area contributed by atoms with Crippen LogP contribution in [0.25, 0.3) is 10.1 Å². The fourth-order valence-electron chi connectivity index (χ4n) is 1.24. The molecule has 78 valence electrons. The second-order valence-corrected chi connectivity index (χ2v) is 4.40. The molecule has 1 aromatic carbocycles. The van der Waals surface area contributed by atoms with Crippen LogP contribution in [0.3, 0.4) is 0 Å². The summed E-state index contributed by atoms with van der Waals surface area (Å²) < 4.78 is 18.4. The topological polar surface area (TPSA) is 26.3 Å². The zero-order chi connectivity index (χ0) is 11.0. The standard InChI is InChI=1S/C10H6ClFO2S/c1-14-10(13)9-3-5-2-7(12)6(11)4-8(5)15-9/h2-4H,1H3. The zero-order valence-electron chi connectivity index (χ0n) is 7.71.